The molecule has 1 N–H and O–H groups in total. The molecule has 2 aromatic heterocycles. The number of nitro groups is 1. The lowest BCUT2D eigenvalue weighted by Crippen LogP contribution is -2.21. The first-order valence-electron chi connectivity index (χ1n) is 9.68. The summed E-state index contributed by atoms with van der Waals surface area (Å²) in [5.74, 6) is 0.840. The standard InChI is InChI=1S/C23H20N6O2/c1-17-9-5-6-12-19(17)27-22-21(29(30)31)23(26-16-25-22)28(20-13-7-8-14-24-20)15-18-10-3-2-4-11-18/h2-14,16H,15H2,1H3,(H,25,26,27). The van der Waals surface area contributed by atoms with Gasteiger partial charge in [0.1, 0.15) is 12.1 Å². The van der Waals surface area contributed by atoms with Gasteiger partial charge in [-0.15, -0.1) is 0 Å². The van der Waals surface area contributed by atoms with Gasteiger partial charge in [0, 0.05) is 11.9 Å². The van der Waals surface area contributed by atoms with Crippen LogP contribution in [0.25, 0.3) is 0 Å². The molecule has 0 spiro atoms. The summed E-state index contributed by atoms with van der Waals surface area (Å²) in [4.78, 5) is 26.3. The maximum Gasteiger partial charge on any atom is 0.354 e. The Bertz CT molecular complexity index is 1190. The zero-order valence-electron chi connectivity index (χ0n) is 16.8. The van der Waals surface area contributed by atoms with Crippen molar-refractivity contribution in [2.45, 2.75) is 13.5 Å². The number of hydrogen-bond donors (Lipinski definition) is 1. The molecular weight excluding hydrogens is 392 g/mol. The molecule has 0 saturated carbocycles. The summed E-state index contributed by atoms with van der Waals surface area (Å²) in [6, 6.07) is 22.6. The number of nitrogens with one attached hydrogen (secondary N) is 1. The Morgan fingerprint density at radius 3 is 2.39 bits per heavy atom. The number of pyridine rings is 1. The zero-order valence-corrected chi connectivity index (χ0v) is 16.8. The largest absolute Gasteiger partial charge is 0.354 e. The molecule has 8 heteroatoms. The first-order valence-corrected chi connectivity index (χ1v) is 9.68. The number of nitrogens with zero attached hydrogens (tertiary/aromatic N) is 5. The van der Waals surface area contributed by atoms with Gasteiger partial charge in [-0.05, 0) is 36.2 Å². The molecule has 0 fully saturated rings. The van der Waals surface area contributed by atoms with Crippen molar-refractivity contribution >= 4 is 28.8 Å². The van der Waals surface area contributed by atoms with Crippen LogP contribution in [0.15, 0.2) is 85.3 Å². The third-order valence-corrected chi connectivity index (χ3v) is 4.75. The number of para-hydroxylation sites is 1. The molecule has 2 heterocycles. The SMILES string of the molecule is Cc1ccccc1Nc1ncnc(N(Cc2ccccc2)c2ccccn2)c1[N+](=O)[O-]. The number of aryl methyl sites for hydroxylation is 1. The third-order valence-electron chi connectivity index (χ3n) is 4.75. The molecule has 0 radical (unpaired) electrons. The minimum Gasteiger partial charge on any atom is -0.334 e. The number of rotatable bonds is 7. The van der Waals surface area contributed by atoms with Crippen LogP contribution in [0.5, 0.6) is 0 Å². The van der Waals surface area contributed by atoms with Crippen LogP contribution in [0.4, 0.5) is 28.8 Å². The average Bonchev–Trinajstić information content (AvgIpc) is 2.80. The van der Waals surface area contributed by atoms with Gasteiger partial charge in [-0.25, -0.2) is 15.0 Å². The molecule has 0 amide bonds. The van der Waals surface area contributed by atoms with E-state index in [0.717, 1.165) is 16.8 Å². The Morgan fingerprint density at radius 1 is 0.935 bits per heavy atom. The van der Waals surface area contributed by atoms with Gasteiger partial charge in [-0.2, -0.15) is 0 Å². The molecule has 8 nitrogen and oxygen atoms in total. The smallest absolute Gasteiger partial charge is 0.334 e. The summed E-state index contributed by atoms with van der Waals surface area (Å²) in [6.07, 6.45) is 2.97. The fraction of sp³-hybridized carbons (Fsp3) is 0.0870. The Kier molecular flexibility index (Phi) is 5.79. The van der Waals surface area contributed by atoms with Crippen LogP contribution in [0, 0.1) is 17.0 Å². The van der Waals surface area contributed by atoms with Gasteiger partial charge in [0.05, 0.1) is 11.5 Å². The van der Waals surface area contributed by atoms with E-state index in [0.29, 0.717) is 12.4 Å². The summed E-state index contributed by atoms with van der Waals surface area (Å²) in [5, 5.41) is 15.2. The second kappa shape index (κ2) is 9.00. The predicted octanol–water partition coefficient (Wildman–Crippen LogP) is 5.17. The first kappa shape index (κ1) is 20.0. The molecule has 0 aliphatic rings. The van der Waals surface area contributed by atoms with Crippen molar-refractivity contribution in [3.05, 3.63) is 107 Å². The van der Waals surface area contributed by atoms with Crippen molar-refractivity contribution in [1.82, 2.24) is 15.0 Å². The minimum absolute atomic E-state index is 0.123. The molecule has 0 bridgehead atoms. The summed E-state index contributed by atoms with van der Waals surface area (Å²) in [7, 11) is 0. The fourth-order valence-corrected chi connectivity index (χ4v) is 3.21. The van der Waals surface area contributed by atoms with Gasteiger partial charge >= 0.3 is 5.69 Å². The fourth-order valence-electron chi connectivity index (χ4n) is 3.21. The second-order valence-electron chi connectivity index (χ2n) is 6.85. The van der Waals surface area contributed by atoms with E-state index in [-0.39, 0.29) is 17.3 Å². The zero-order chi connectivity index (χ0) is 21.6. The lowest BCUT2D eigenvalue weighted by molar-refractivity contribution is -0.383. The second-order valence-corrected chi connectivity index (χ2v) is 6.85. The van der Waals surface area contributed by atoms with Gasteiger partial charge in [0.15, 0.2) is 0 Å². The van der Waals surface area contributed by atoms with E-state index >= 15 is 0 Å². The van der Waals surface area contributed by atoms with E-state index in [1.165, 1.54) is 6.33 Å². The monoisotopic (exact) mass is 412 g/mol. The maximum atomic E-state index is 12.1. The van der Waals surface area contributed by atoms with Crippen molar-refractivity contribution < 1.29 is 4.92 Å². The lowest BCUT2D eigenvalue weighted by Gasteiger charge is -2.23. The quantitative estimate of drug-likeness (QED) is 0.330. The maximum absolute atomic E-state index is 12.1. The normalized spacial score (nSPS) is 10.5. The van der Waals surface area contributed by atoms with Gasteiger partial charge in [0.2, 0.25) is 11.6 Å². The minimum atomic E-state index is -0.461. The van der Waals surface area contributed by atoms with Crippen LogP contribution >= 0.6 is 0 Å². The van der Waals surface area contributed by atoms with E-state index < -0.39 is 4.92 Å². The van der Waals surface area contributed by atoms with Gasteiger partial charge < -0.3 is 10.2 Å². The van der Waals surface area contributed by atoms with Crippen LogP contribution in [0.1, 0.15) is 11.1 Å². The molecule has 0 saturated heterocycles. The Hall–Kier alpha value is -4.33. The van der Waals surface area contributed by atoms with Crippen molar-refractivity contribution in [3.8, 4) is 0 Å². The number of hydrogen-bond acceptors (Lipinski definition) is 7. The molecule has 0 aliphatic heterocycles. The van der Waals surface area contributed by atoms with Crippen LogP contribution in [-0.2, 0) is 6.54 Å². The molecule has 0 atom stereocenters. The summed E-state index contributed by atoms with van der Waals surface area (Å²) < 4.78 is 0. The van der Waals surface area contributed by atoms with Gasteiger partial charge in [0.25, 0.3) is 0 Å². The molecule has 154 valence electrons. The predicted molar refractivity (Wildman–Crippen MR) is 120 cm³/mol. The van der Waals surface area contributed by atoms with Crippen LogP contribution in [0.2, 0.25) is 0 Å². The molecule has 31 heavy (non-hydrogen) atoms. The van der Waals surface area contributed by atoms with Crippen LogP contribution in [0.3, 0.4) is 0 Å². The van der Waals surface area contributed by atoms with Crippen LogP contribution in [-0.4, -0.2) is 19.9 Å². The lowest BCUT2D eigenvalue weighted by atomic mass is 10.2. The summed E-state index contributed by atoms with van der Waals surface area (Å²) >= 11 is 0. The Morgan fingerprint density at radius 2 is 1.68 bits per heavy atom. The number of anilines is 4. The van der Waals surface area contributed by atoms with Crippen LogP contribution < -0.4 is 10.2 Å². The number of benzene rings is 2. The molecule has 4 rings (SSSR count). The van der Waals surface area contributed by atoms with E-state index in [9.17, 15) is 10.1 Å². The summed E-state index contributed by atoms with van der Waals surface area (Å²) in [5.41, 5.74) is 2.44. The highest BCUT2D eigenvalue weighted by Crippen LogP contribution is 2.37. The Balaban J connectivity index is 1.83. The number of aromatic nitrogens is 3. The van der Waals surface area contributed by atoms with Gasteiger partial charge in [-0.3, -0.25) is 10.1 Å². The van der Waals surface area contributed by atoms with E-state index in [1.807, 2.05) is 67.6 Å². The molecule has 4 aromatic rings. The van der Waals surface area contributed by atoms with Gasteiger partial charge in [-0.1, -0.05) is 54.6 Å². The highest BCUT2D eigenvalue weighted by molar-refractivity contribution is 5.78. The van der Waals surface area contributed by atoms with Crippen molar-refractivity contribution in [1.29, 1.82) is 0 Å². The topological polar surface area (TPSA) is 97.1 Å². The van der Waals surface area contributed by atoms with Crippen molar-refractivity contribution in [3.63, 3.8) is 0 Å². The van der Waals surface area contributed by atoms with E-state index in [2.05, 4.69) is 20.3 Å². The molecule has 2 aromatic carbocycles. The molecular formula is C23H20N6O2. The Labute approximate surface area is 179 Å². The first-order chi connectivity index (χ1) is 15.1. The van der Waals surface area contributed by atoms with Crippen molar-refractivity contribution in [2.24, 2.45) is 0 Å². The average molecular weight is 412 g/mol. The highest BCUT2D eigenvalue weighted by atomic mass is 16.6. The van der Waals surface area contributed by atoms with E-state index in [4.69, 9.17) is 0 Å². The molecule has 0 unspecified atom stereocenters. The van der Waals surface area contributed by atoms with E-state index in [1.54, 1.807) is 23.2 Å². The summed E-state index contributed by atoms with van der Waals surface area (Å²) in [6.45, 7) is 2.28. The highest BCUT2D eigenvalue weighted by Gasteiger charge is 2.29. The third kappa shape index (κ3) is 4.48. The van der Waals surface area contributed by atoms with Crippen molar-refractivity contribution in [2.75, 3.05) is 10.2 Å². The molecule has 0 aliphatic carbocycles.